The molecular formula is C18H18N2O2S2. The number of benzene rings is 1. The summed E-state index contributed by atoms with van der Waals surface area (Å²) in [5, 5.41) is 9.52. The van der Waals surface area contributed by atoms with Gasteiger partial charge in [0.15, 0.2) is 5.13 Å². The van der Waals surface area contributed by atoms with Gasteiger partial charge in [0.1, 0.15) is 5.75 Å². The minimum atomic E-state index is -0.0155. The number of anilines is 1. The van der Waals surface area contributed by atoms with Gasteiger partial charge in [-0.2, -0.15) is 11.3 Å². The molecule has 0 saturated heterocycles. The van der Waals surface area contributed by atoms with Gasteiger partial charge in [0.05, 0.1) is 12.8 Å². The van der Waals surface area contributed by atoms with Crippen molar-refractivity contribution >= 4 is 33.7 Å². The third-order valence-corrected chi connectivity index (χ3v) is 5.09. The summed E-state index contributed by atoms with van der Waals surface area (Å²) in [6.07, 6.45) is 1.21. The van der Waals surface area contributed by atoms with E-state index >= 15 is 0 Å². The summed E-state index contributed by atoms with van der Waals surface area (Å²) < 4.78 is 5.40. The first kappa shape index (κ1) is 16.7. The minimum absolute atomic E-state index is 0.0155. The smallest absolute Gasteiger partial charge is 0.226 e. The van der Waals surface area contributed by atoms with Crippen LogP contribution in [-0.2, 0) is 11.2 Å². The van der Waals surface area contributed by atoms with Gasteiger partial charge >= 0.3 is 0 Å². The molecule has 6 heteroatoms. The molecule has 0 saturated carbocycles. The lowest BCUT2D eigenvalue weighted by Gasteiger charge is -2.07. The quantitative estimate of drug-likeness (QED) is 0.691. The summed E-state index contributed by atoms with van der Waals surface area (Å²) in [4.78, 5) is 16.6. The van der Waals surface area contributed by atoms with E-state index in [9.17, 15) is 4.79 Å². The molecular weight excluding hydrogens is 340 g/mol. The molecule has 3 aromatic rings. The van der Waals surface area contributed by atoms with Gasteiger partial charge in [-0.25, -0.2) is 4.98 Å². The van der Waals surface area contributed by atoms with E-state index in [1.54, 1.807) is 18.4 Å². The Bertz CT molecular complexity index is 825. The number of methoxy groups -OCH3 is 1. The fraction of sp³-hybridized carbons (Fsp3) is 0.222. The molecule has 0 aliphatic rings. The van der Waals surface area contributed by atoms with E-state index in [-0.39, 0.29) is 5.91 Å². The average Bonchev–Trinajstić information content (AvgIpc) is 3.24. The normalized spacial score (nSPS) is 10.6. The molecule has 0 unspecified atom stereocenters. The zero-order chi connectivity index (χ0) is 16.9. The van der Waals surface area contributed by atoms with Crippen LogP contribution in [0.15, 0.2) is 40.4 Å². The third-order valence-electron chi connectivity index (χ3n) is 3.60. The monoisotopic (exact) mass is 358 g/mol. The van der Waals surface area contributed by atoms with Gasteiger partial charge in [-0.3, -0.25) is 4.79 Å². The highest BCUT2D eigenvalue weighted by Gasteiger charge is 2.12. The fourth-order valence-electron chi connectivity index (χ4n) is 2.35. The topological polar surface area (TPSA) is 51.2 Å². The van der Waals surface area contributed by atoms with Crippen molar-refractivity contribution in [1.82, 2.24) is 4.98 Å². The zero-order valence-corrected chi connectivity index (χ0v) is 15.2. The molecule has 0 fully saturated rings. The second-order valence-electron chi connectivity index (χ2n) is 5.42. The molecule has 0 spiro atoms. The SMILES string of the molecule is COc1ccc(C)cc1-c1csc(NC(=O)CCc2ccsc2)n1. The van der Waals surface area contributed by atoms with Crippen LogP contribution in [0.2, 0.25) is 0 Å². The Kier molecular flexibility index (Phi) is 5.27. The third kappa shape index (κ3) is 4.01. The first-order valence-electron chi connectivity index (χ1n) is 7.57. The van der Waals surface area contributed by atoms with Crippen molar-refractivity contribution in [3.63, 3.8) is 0 Å². The van der Waals surface area contributed by atoms with E-state index in [0.29, 0.717) is 11.6 Å². The molecule has 4 nitrogen and oxygen atoms in total. The Morgan fingerprint density at radius 1 is 1.29 bits per heavy atom. The first-order valence-corrected chi connectivity index (χ1v) is 9.39. The molecule has 1 aromatic carbocycles. The highest BCUT2D eigenvalue weighted by atomic mass is 32.1. The molecule has 0 radical (unpaired) electrons. The van der Waals surface area contributed by atoms with E-state index in [1.807, 2.05) is 41.9 Å². The van der Waals surface area contributed by atoms with Gasteiger partial charge in [0.2, 0.25) is 5.91 Å². The molecule has 2 heterocycles. The minimum Gasteiger partial charge on any atom is -0.496 e. The maximum Gasteiger partial charge on any atom is 0.226 e. The van der Waals surface area contributed by atoms with Crippen molar-refractivity contribution in [3.8, 4) is 17.0 Å². The Morgan fingerprint density at radius 2 is 2.17 bits per heavy atom. The van der Waals surface area contributed by atoms with E-state index in [0.717, 1.165) is 29.0 Å². The summed E-state index contributed by atoms with van der Waals surface area (Å²) >= 11 is 3.07. The van der Waals surface area contributed by atoms with Crippen molar-refractivity contribution in [2.45, 2.75) is 19.8 Å². The van der Waals surface area contributed by atoms with Crippen molar-refractivity contribution in [1.29, 1.82) is 0 Å². The number of thiophene rings is 1. The van der Waals surface area contributed by atoms with E-state index in [4.69, 9.17) is 4.74 Å². The van der Waals surface area contributed by atoms with Gasteiger partial charge in [-0.05, 0) is 47.9 Å². The second kappa shape index (κ2) is 7.59. The van der Waals surface area contributed by atoms with Crippen LogP contribution in [-0.4, -0.2) is 18.0 Å². The molecule has 24 heavy (non-hydrogen) atoms. The van der Waals surface area contributed by atoms with Gasteiger partial charge in [-0.1, -0.05) is 11.6 Å². The highest BCUT2D eigenvalue weighted by Crippen LogP contribution is 2.33. The summed E-state index contributed by atoms with van der Waals surface area (Å²) in [6, 6.07) is 8.02. The zero-order valence-electron chi connectivity index (χ0n) is 13.5. The number of aromatic nitrogens is 1. The van der Waals surface area contributed by atoms with Gasteiger partial charge in [0, 0.05) is 17.4 Å². The molecule has 3 rings (SSSR count). The lowest BCUT2D eigenvalue weighted by atomic mass is 10.1. The number of hydrogen-bond donors (Lipinski definition) is 1. The predicted molar refractivity (Wildman–Crippen MR) is 100 cm³/mol. The van der Waals surface area contributed by atoms with Gasteiger partial charge in [0.25, 0.3) is 0 Å². The van der Waals surface area contributed by atoms with Crippen LogP contribution in [0.25, 0.3) is 11.3 Å². The number of aryl methyl sites for hydroxylation is 2. The molecule has 0 bridgehead atoms. The molecule has 0 atom stereocenters. The molecule has 1 N–H and O–H groups in total. The Balaban J connectivity index is 1.67. The summed E-state index contributed by atoms with van der Waals surface area (Å²) in [5.41, 5.74) is 4.08. The number of rotatable bonds is 6. The summed E-state index contributed by atoms with van der Waals surface area (Å²) in [6.45, 7) is 2.03. The maximum atomic E-state index is 12.1. The number of thiazole rings is 1. The van der Waals surface area contributed by atoms with Crippen LogP contribution in [0.3, 0.4) is 0 Å². The second-order valence-corrected chi connectivity index (χ2v) is 7.06. The number of amides is 1. The van der Waals surface area contributed by atoms with Crippen LogP contribution >= 0.6 is 22.7 Å². The predicted octanol–water partition coefficient (Wildman–Crippen LogP) is 4.76. The van der Waals surface area contributed by atoms with Crippen molar-refractivity contribution in [2.75, 3.05) is 12.4 Å². The van der Waals surface area contributed by atoms with Crippen molar-refractivity contribution in [2.24, 2.45) is 0 Å². The van der Waals surface area contributed by atoms with Crippen LogP contribution in [0.5, 0.6) is 5.75 Å². The van der Waals surface area contributed by atoms with Crippen molar-refractivity contribution in [3.05, 3.63) is 51.5 Å². The van der Waals surface area contributed by atoms with Crippen LogP contribution in [0.4, 0.5) is 5.13 Å². The molecule has 0 aliphatic heterocycles. The maximum absolute atomic E-state index is 12.1. The lowest BCUT2D eigenvalue weighted by Crippen LogP contribution is -2.11. The summed E-state index contributed by atoms with van der Waals surface area (Å²) in [5.74, 6) is 0.763. The van der Waals surface area contributed by atoms with Crippen LogP contribution in [0, 0.1) is 6.92 Å². The largest absolute Gasteiger partial charge is 0.496 e. The number of nitrogens with zero attached hydrogens (tertiary/aromatic N) is 1. The van der Waals surface area contributed by atoms with Crippen LogP contribution in [0.1, 0.15) is 17.5 Å². The Hall–Kier alpha value is -2.18. The van der Waals surface area contributed by atoms with Crippen molar-refractivity contribution < 1.29 is 9.53 Å². The van der Waals surface area contributed by atoms with E-state index in [1.165, 1.54) is 16.9 Å². The number of carbonyl (C=O) groups excluding carboxylic acids is 1. The molecule has 1 amide bonds. The molecule has 0 aliphatic carbocycles. The Labute approximate surface area is 149 Å². The Morgan fingerprint density at radius 3 is 2.92 bits per heavy atom. The summed E-state index contributed by atoms with van der Waals surface area (Å²) in [7, 11) is 1.65. The first-order chi connectivity index (χ1) is 11.7. The average molecular weight is 358 g/mol. The van der Waals surface area contributed by atoms with Gasteiger partial charge in [-0.15, -0.1) is 11.3 Å². The standard InChI is InChI=1S/C18H18N2O2S2/c1-12-3-5-16(22-2)14(9-12)15-11-24-18(19-15)20-17(21)6-4-13-7-8-23-10-13/h3,5,7-11H,4,6H2,1-2H3,(H,19,20,21). The number of hydrogen-bond acceptors (Lipinski definition) is 5. The molecule has 124 valence electrons. The van der Waals surface area contributed by atoms with E-state index in [2.05, 4.69) is 15.7 Å². The lowest BCUT2D eigenvalue weighted by molar-refractivity contribution is -0.116. The number of ether oxygens (including phenoxy) is 1. The van der Waals surface area contributed by atoms with E-state index < -0.39 is 0 Å². The number of carbonyl (C=O) groups is 1. The number of nitrogens with one attached hydrogen (secondary N) is 1. The molecule has 2 aromatic heterocycles. The fourth-order valence-corrected chi connectivity index (χ4v) is 3.78. The van der Waals surface area contributed by atoms with Crippen LogP contribution < -0.4 is 10.1 Å². The highest BCUT2D eigenvalue weighted by molar-refractivity contribution is 7.14. The van der Waals surface area contributed by atoms with Gasteiger partial charge < -0.3 is 10.1 Å².